The van der Waals surface area contributed by atoms with Gasteiger partial charge in [0, 0.05) is 11.8 Å². The molecule has 0 saturated carbocycles. The molecule has 5 nitrogen and oxygen atoms in total. The summed E-state index contributed by atoms with van der Waals surface area (Å²) in [5.74, 6) is -1.25. The minimum Gasteiger partial charge on any atom is -0.406 e. The van der Waals surface area contributed by atoms with E-state index in [4.69, 9.17) is 0 Å². The zero-order valence-corrected chi connectivity index (χ0v) is 11.3. The van der Waals surface area contributed by atoms with E-state index in [1.807, 2.05) is 0 Å². The van der Waals surface area contributed by atoms with Crippen molar-refractivity contribution in [3.05, 3.63) is 24.3 Å². The van der Waals surface area contributed by atoms with E-state index in [0.29, 0.717) is 0 Å². The number of carbonyl (C=O) groups excluding carboxylic acids is 2. The summed E-state index contributed by atoms with van der Waals surface area (Å²) in [7, 11) is 0. The fourth-order valence-corrected chi connectivity index (χ4v) is 2.05. The molecule has 1 fully saturated rings. The minimum atomic E-state index is -4.82. The highest BCUT2D eigenvalue weighted by Gasteiger charge is 2.40. The van der Waals surface area contributed by atoms with Crippen LogP contribution in [0.15, 0.2) is 24.3 Å². The second-order valence-electron chi connectivity index (χ2n) is 5.11. The number of halogens is 3. The van der Waals surface area contributed by atoms with E-state index in [0.717, 1.165) is 17.0 Å². The van der Waals surface area contributed by atoms with E-state index in [1.165, 1.54) is 26.0 Å². The minimum absolute atomic E-state index is 0.171. The van der Waals surface area contributed by atoms with Gasteiger partial charge in [-0.2, -0.15) is 0 Å². The predicted molar refractivity (Wildman–Crippen MR) is 67.7 cm³/mol. The first kappa shape index (κ1) is 15.1. The molecule has 0 bridgehead atoms. The number of piperazine rings is 1. The number of anilines is 1. The maximum atomic E-state index is 12.2. The highest BCUT2D eigenvalue weighted by Crippen LogP contribution is 2.28. The number of nitrogens with one attached hydrogen (secondary N) is 1. The van der Waals surface area contributed by atoms with Crippen molar-refractivity contribution < 1.29 is 27.5 Å². The Labute approximate surface area is 118 Å². The summed E-state index contributed by atoms with van der Waals surface area (Å²) in [5.41, 5.74) is -0.944. The Balaban J connectivity index is 2.31. The average molecular weight is 302 g/mol. The zero-order valence-electron chi connectivity index (χ0n) is 11.3. The SMILES string of the molecule is CC1(C)NC(=O)CN(c2cccc(OC(F)(F)F)c2)C1=O. The van der Waals surface area contributed by atoms with Gasteiger partial charge in [0.05, 0.1) is 0 Å². The van der Waals surface area contributed by atoms with E-state index >= 15 is 0 Å². The fourth-order valence-electron chi connectivity index (χ4n) is 2.05. The van der Waals surface area contributed by atoms with Crippen LogP contribution in [0, 0.1) is 0 Å². The van der Waals surface area contributed by atoms with Crippen molar-refractivity contribution in [1.82, 2.24) is 5.32 Å². The van der Waals surface area contributed by atoms with Crippen LogP contribution in [-0.2, 0) is 9.59 Å². The van der Waals surface area contributed by atoms with Gasteiger partial charge in [0.2, 0.25) is 5.91 Å². The summed E-state index contributed by atoms with van der Waals surface area (Å²) < 4.78 is 40.4. The second kappa shape index (κ2) is 4.94. The van der Waals surface area contributed by atoms with Crippen LogP contribution in [0.4, 0.5) is 18.9 Å². The molecule has 1 aliphatic heterocycles. The molecular formula is C13H13F3N2O3. The molecule has 0 aliphatic carbocycles. The quantitative estimate of drug-likeness (QED) is 0.906. The van der Waals surface area contributed by atoms with Crippen LogP contribution in [0.25, 0.3) is 0 Å². The van der Waals surface area contributed by atoms with E-state index in [2.05, 4.69) is 10.1 Å². The van der Waals surface area contributed by atoms with Crippen LogP contribution >= 0.6 is 0 Å². The summed E-state index contributed by atoms with van der Waals surface area (Å²) in [6.45, 7) is 2.79. The average Bonchev–Trinajstić information content (AvgIpc) is 2.31. The molecule has 8 heteroatoms. The van der Waals surface area contributed by atoms with Gasteiger partial charge in [-0.05, 0) is 26.0 Å². The molecule has 0 aromatic heterocycles. The van der Waals surface area contributed by atoms with Crippen molar-refractivity contribution >= 4 is 17.5 Å². The number of nitrogens with zero attached hydrogens (tertiary/aromatic N) is 1. The Hall–Kier alpha value is -2.25. The molecule has 0 spiro atoms. The van der Waals surface area contributed by atoms with Gasteiger partial charge in [-0.15, -0.1) is 13.2 Å². The number of hydrogen-bond acceptors (Lipinski definition) is 3. The van der Waals surface area contributed by atoms with Crippen molar-refractivity contribution in [3.8, 4) is 5.75 Å². The summed E-state index contributed by atoms with van der Waals surface area (Å²) in [6, 6.07) is 4.95. The van der Waals surface area contributed by atoms with Gasteiger partial charge in [-0.3, -0.25) is 9.59 Å². The lowest BCUT2D eigenvalue weighted by Gasteiger charge is -2.37. The molecule has 0 unspecified atom stereocenters. The summed E-state index contributed by atoms with van der Waals surface area (Å²) >= 11 is 0. The zero-order chi connectivity index (χ0) is 15.8. The van der Waals surface area contributed by atoms with Gasteiger partial charge in [0.1, 0.15) is 17.8 Å². The molecule has 0 atom stereocenters. The lowest BCUT2D eigenvalue weighted by Crippen LogP contribution is -2.64. The summed E-state index contributed by atoms with van der Waals surface area (Å²) in [4.78, 5) is 25.0. The van der Waals surface area contributed by atoms with Gasteiger partial charge in [-0.1, -0.05) is 6.07 Å². The molecular weight excluding hydrogens is 289 g/mol. The Kier molecular flexibility index (Phi) is 3.56. The third-order valence-corrected chi connectivity index (χ3v) is 2.90. The van der Waals surface area contributed by atoms with Crippen LogP contribution in [0.1, 0.15) is 13.8 Å². The van der Waals surface area contributed by atoms with Crippen molar-refractivity contribution in [3.63, 3.8) is 0 Å². The normalized spacial score (nSPS) is 18.4. The van der Waals surface area contributed by atoms with E-state index in [1.54, 1.807) is 0 Å². The standard InChI is InChI=1S/C13H13F3N2O3/c1-12(2)11(20)18(7-10(19)17-12)8-4-3-5-9(6-8)21-13(14,15)16/h3-6H,7H2,1-2H3,(H,17,19). The van der Waals surface area contributed by atoms with E-state index < -0.39 is 23.6 Å². The van der Waals surface area contributed by atoms with Gasteiger partial charge in [0.25, 0.3) is 5.91 Å². The lowest BCUT2D eigenvalue weighted by molar-refractivity contribution is -0.274. The first-order valence-electron chi connectivity index (χ1n) is 6.07. The number of carbonyl (C=O) groups is 2. The molecule has 1 N–H and O–H groups in total. The van der Waals surface area contributed by atoms with Crippen molar-refractivity contribution in [2.24, 2.45) is 0 Å². The van der Waals surface area contributed by atoms with Crippen molar-refractivity contribution in [2.75, 3.05) is 11.4 Å². The van der Waals surface area contributed by atoms with Crippen LogP contribution in [0.5, 0.6) is 5.75 Å². The highest BCUT2D eigenvalue weighted by molar-refractivity contribution is 6.08. The molecule has 2 rings (SSSR count). The molecule has 114 valence electrons. The summed E-state index contributed by atoms with van der Waals surface area (Å²) in [5, 5.41) is 2.52. The largest absolute Gasteiger partial charge is 0.573 e. The first-order chi connectivity index (χ1) is 9.58. The molecule has 0 radical (unpaired) electrons. The highest BCUT2D eigenvalue weighted by atomic mass is 19.4. The Morgan fingerprint density at radius 1 is 1.29 bits per heavy atom. The number of ether oxygens (including phenoxy) is 1. The Morgan fingerprint density at radius 3 is 2.57 bits per heavy atom. The van der Waals surface area contributed by atoms with Gasteiger partial charge >= 0.3 is 6.36 Å². The second-order valence-corrected chi connectivity index (χ2v) is 5.11. The van der Waals surface area contributed by atoms with Crippen molar-refractivity contribution in [2.45, 2.75) is 25.7 Å². The van der Waals surface area contributed by atoms with Gasteiger partial charge < -0.3 is 15.0 Å². The molecule has 1 saturated heterocycles. The van der Waals surface area contributed by atoms with Crippen LogP contribution in [0.3, 0.4) is 0 Å². The fraction of sp³-hybridized carbons (Fsp3) is 0.385. The Bertz CT molecular complexity index is 584. The van der Waals surface area contributed by atoms with Crippen molar-refractivity contribution in [1.29, 1.82) is 0 Å². The van der Waals surface area contributed by atoms with Crippen LogP contribution < -0.4 is 15.0 Å². The monoisotopic (exact) mass is 302 g/mol. The number of amides is 2. The maximum Gasteiger partial charge on any atom is 0.573 e. The molecule has 1 heterocycles. The molecule has 21 heavy (non-hydrogen) atoms. The number of hydrogen-bond donors (Lipinski definition) is 1. The van der Waals surface area contributed by atoms with Gasteiger partial charge in [-0.25, -0.2) is 0 Å². The van der Waals surface area contributed by atoms with Gasteiger partial charge in [0.15, 0.2) is 0 Å². The number of alkyl halides is 3. The van der Waals surface area contributed by atoms with Crippen LogP contribution in [0.2, 0.25) is 0 Å². The topological polar surface area (TPSA) is 58.6 Å². The third-order valence-electron chi connectivity index (χ3n) is 2.90. The smallest absolute Gasteiger partial charge is 0.406 e. The van der Waals surface area contributed by atoms with E-state index in [-0.39, 0.29) is 18.1 Å². The third kappa shape index (κ3) is 3.45. The maximum absolute atomic E-state index is 12.2. The summed E-state index contributed by atoms with van der Waals surface area (Å²) in [6.07, 6.45) is -4.82. The van der Waals surface area contributed by atoms with Crippen LogP contribution in [-0.4, -0.2) is 30.3 Å². The number of rotatable bonds is 2. The lowest BCUT2D eigenvalue weighted by atomic mass is 10.00. The first-order valence-corrected chi connectivity index (χ1v) is 6.07. The molecule has 1 aromatic rings. The molecule has 1 aromatic carbocycles. The molecule has 2 amide bonds. The Morgan fingerprint density at radius 2 is 1.95 bits per heavy atom. The predicted octanol–water partition coefficient (Wildman–Crippen LogP) is 1.83. The molecule has 1 aliphatic rings. The number of benzene rings is 1. The van der Waals surface area contributed by atoms with E-state index in [9.17, 15) is 22.8 Å².